The van der Waals surface area contributed by atoms with Crippen molar-refractivity contribution in [2.24, 2.45) is 0 Å². The van der Waals surface area contributed by atoms with E-state index in [0.717, 1.165) is 6.42 Å². The second kappa shape index (κ2) is 7.79. The Morgan fingerprint density at radius 3 is 2.47 bits per heavy atom. The molecule has 0 heterocycles. The van der Waals surface area contributed by atoms with E-state index in [1.807, 2.05) is 13.8 Å². The molecule has 0 radical (unpaired) electrons. The minimum absolute atomic E-state index is 0.0387. The van der Waals surface area contributed by atoms with Crippen molar-refractivity contribution in [2.75, 3.05) is 20.8 Å². The van der Waals surface area contributed by atoms with E-state index >= 15 is 0 Å². The summed E-state index contributed by atoms with van der Waals surface area (Å²) in [5.74, 6) is 1.14. The topological polar surface area (TPSA) is 44.8 Å². The molecular weight excluding hydrogens is 244 g/mol. The lowest BCUT2D eigenvalue weighted by Gasteiger charge is -2.17. The van der Waals surface area contributed by atoms with Crippen LogP contribution in [0.5, 0.6) is 11.5 Å². The number of benzene rings is 1. The van der Waals surface area contributed by atoms with Crippen LogP contribution in [0.1, 0.15) is 37.0 Å². The van der Waals surface area contributed by atoms with Gasteiger partial charge in [-0.1, -0.05) is 13.3 Å². The fourth-order valence-corrected chi connectivity index (χ4v) is 1.93. The van der Waals surface area contributed by atoms with Crippen molar-refractivity contribution < 1.29 is 19.0 Å². The highest BCUT2D eigenvalue weighted by Gasteiger charge is 2.23. The Hall–Kier alpha value is -1.55. The Bertz CT molecular complexity index is 409. The molecule has 1 atom stereocenters. The average Bonchev–Trinajstić information content (AvgIpc) is 2.45. The monoisotopic (exact) mass is 266 g/mol. The first kappa shape index (κ1) is 15.5. The summed E-state index contributed by atoms with van der Waals surface area (Å²) in [6, 6.07) is 5.19. The van der Waals surface area contributed by atoms with Gasteiger partial charge in [-0.05, 0) is 25.5 Å². The molecule has 0 aromatic heterocycles. The summed E-state index contributed by atoms with van der Waals surface area (Å²) in [6.07, 6.45) is 1.20. The van der Waals surface area contributed by atoms with Crippen LogP contribution < -0.4 is 9.47 Å². The van der Waals surface area contributed by atoms with Crippen LogP contribution in [-0.2, 0) is 4.74 Å². The molecule has 1 rings (SSSR count). The van der Waals surface area contributed by atoms with Crippen molar-refractivity contribution in [1.29, 1.82) is 0 Å². The second-order valence-corrected chi connectivity index (χ2v) is 4.16. The third kappa shape index (κ3) is 3.96. The quantitative estimate of drug-likeness (QED) is 0.678. The number of methoxy groups -OCH3 is 2. The van der Waals surface area contributed by atoms with E-state index in [0.29, 0.717) is 30.1 Å². The van der Waals surface area contributed by atoms with E-state index in [1.54, 1.807) is 32.4 Å². The molecule has 0 aliphatic carbocycles. The Balaban J connectivity index is 3.02. The van der Waals surface area contributed by atoms with E-state index in [4.69, 9.17) is 14.2 Å². The first-order valence-electron chi connectivity index (χ1n) is 6.55. The van der Waals surface area contributed by atoms with Gasteiger partial charge in [-0.15, -0.1) is 0 Å². The van der Waals surface area contributed by atoms with Gasteiger partial charge >= 0.3 is 0 Å². The van der Waals surface area contributed by atoms with Gasteiger partial charge in [-0.25, -0.2) is 0 Å². The SMILES string of the molecule is CCCC(OCC)C(=O)c1ccc(OC)cc1OC. The highest BCUT2D eigenvalue weighted by Crippen LogP contribution is 2.26. The van der Waals surface area contributed by atoms with Crippen LogP contribution in [0.25, 0.3) is 0 Å². The van der Waals surface area contributed by atoms with Gasteiger partial charge in [0, 0.05) is 12.7 Å². The van der Waals surface area contributed by atoms with E-state index in [9.17, 15) is 4.79 Å². The molecule has 0 amide bonds. The van der Waals surface area contributed by atoms with Gasteiger partial charge < -0.3 is 14.2 Å². The molecule has 0 bridgehead atoms. The van der Waals surface area contributed by atoms with Gasteiger partial charge in [-0.3, -0.25) is 4.79 Å². The van der Waals surface area contributed by atoms with Crippen LogP contribution in [0.3, 0.4) is 0 Å². The first-order valence-corrected chi connectivity index (χ1v) is 6.55. The minimum atomic E-state index is -0.405. The van der Waals surface area contributed by atoms with Crippen LogP contribution in [0.4, 0.5) is 0 Å². The molecule has 1 aromatic rings. The van der Waals surface area contributed by atoms with Gasteiger partial charge in [0.1, 0.15) is 17.6 Å². The van der Waals surface area contributed by atoms with Crippen LogP contribution in [0.15, 0.2) is 18.2 Å². The predicted molar refractivity (Wildman–Crippen MR) is 74.2 cm³/mol. The average molecular weight is 266 g/mol. The van der Waals surface area contributed by atoms with Crippen molar-refractivity contribution in [3.05, 3.63) is 23.8 Å². The molecular formula is C15H22O4. The molecule has 19 heavy (non-hydrogen) atoms. The van der Waals surface area contributed by atoms with E-state index < -0.39 is 6.10 Å². The third-order valence-corrected chi connectivity index (χ3v) is 2.89. The zero-order chi connectivity index (χ0) is 14.3. The zero-order valence-corrected chi connectivity index (χ0v) is 12.1. The maximum absolute atomic E-state index is 12.5. The maximum atomic E-state index is 12.5. The Labute approximate surface area is 114 Å². The fourth-order valence-electron chi connectivity index (χ4n) is 1.93. The summed E-state index contributed by atoms with van der Waals surface area (Å²) in [6.45, 7) is 4.45. The number of ether oxygens (including phenoxy) is 3. The molecule has 0 aliphatic rings. The van der Waals surface area contributed by atoms with Crippen LogP contribution in [0.2, 0.25) is 0 Å². The van der Waals surface area contributed by atoms with Crippen molar-refractivity contribution in [3.8, 4) is 11.5 Å². The number of hydrogen-bond donors (Lipinski definition) is 0. The van der Waals surface area contributed by atoms with Gasteiger partial charge in [0.05, 0.1) is 19.8 Å². The predicted octanol–water partition coefficient (Wildman–Crippen LogP) is 3.09. The Morgan fingerprint density at radius 2 is 1.95 bits per heavy atom. The molecule has 0 spiro atoms. The lowest BCUT2D eigenvalue weighted by Crippen LogP contribution is -2.24. The Kier molecular flexibility index (Phi) is 6.36. The lowest BCUT2D eigenvalue weighted by molar-refractivity contribution is 0.0420. The molecule has 4 heteroatoms. The molecule has 1 unspecified atom stereocenters. The zero-order valence-electron chi connectivity index (χ0n) is 12.1. The van der Waals surface area contributed by atoms with Crippen molar-refractivity contribution in [3.63, 3.8) is 0 Å². The highest BCUT2D eigenvalue weighted by atomic mass is 16.5. The van der Waals surface area contributed by atoms with Crippen molar-refractivity contribution in [1.82, 2.24) is 0 Å². The molecule has 1 aromatic carbocycles. The number of ketones is 1. The molecule has 106 valence electrons. The van der Waals surface area contributed by atoms with Gasteiger partial charge in [0.2, 0.25) is 0 Å². The number of Topliss-reactive ketones (excluding diaryl/α,β-unsaturated/α-hetero) is 1. The Morgan fingerprint density at radius 1 is 1.21 bits per heavy atom. The highest BCUT2D eigenvalue weighted by molar-refractivity contribution is 6.02. The molecule has 0 saturated carbocycles. The normalized spacial score (nSPS) is 12.0. The van der Waals surface area contributed by atoms with E-state index in [1.165, 1.54) is 0 Å². The molecule has 0 saturated heterocycles. The smallest absolute Gasteiger partial charge is 0.195 e. The van der Waals surface area contributed by atoms with Crippen molar-refractivity contribution in [2.45, 2.75) is 32.8 Å². The van der Waals surface area contributed by atoms with Crippen molar-refractivity contribution >= 4 is 5.78 Å². The van der Waals surface area contributed by atoms with Crippen LogP contribution >= 0.6 is 0 Å². The summed E-state index contributed by atoms with van der Waals surface area (Å²) in [5.41, 5.74) is 0.537. The van der Waals surface area contributed by atoms with E-state index in [-0.39, 0.29) is 5.78 Å². The summed E-state index contributed by atoms with van der Waals surface area (Å²) in [5, 5.41) is 0. The van der Waals surface area contributed by atoms with Gasteiger partial charge in [0.15, 0.2) is 5.78 Å². The third-order valence-electron chi connectivity index (χ3n) is 2.89. The lowest BCUT2D eigenvalue weighted by atomic mass is 10.0. The molecule has 0 N–H and O–H groups in total. The van der Waals surface area contributed by atoms with Crippen LogP contribution in [0, 0.1) is 0 Å². The minimum Gasteiger partial charge on any atom is -0.497 e. The number of rotatable bonds is 8. The van der Waals surface area contributed by atoms with Crippen LogP contribution in [-0.4, -0.2) is 32.7 Å². The summed E-state index contributed by atoms with van der Waals surface area (Å²) >= 11 is 0. The number of hydrogen-bond acceptors (Lipinski definition) is 4. The molecule has 0 aliphatic heterocycles. The summed E-state index contributed by atoms with van der Waals surface area (Å²) in [4.78, 5) is 12.5. The number of carbonyl (C=O) groups is 1. The summed E-state index contributed by atoms with van der Waals surface area (Å²) < 4.78 is 15.9. The largest absolute Gasteiger partial charge is 0.497 e. The summed E-state index contributed by atoms with van der Waals surface area (Å²) in [7, 11) is 3.12. The standard InChI is InChI=1S/C15H22O4/c1-5-7-13(19-6-2)15(16)12-9-8-11(17-3)10-14(12)18-4/h8-10,13H,5-7H2,1-4H3. The van der Waals surface area contributed by atoms with Gasteiger partial charge in [0.25, 0.3) is 0 Å². The fraction of sp³-hybridized carbons (Fsp3) is 0.533. The number of carbonyl (C=O) groups excluding carboxylic acids is 1. The maximum Gasteiger partial charge on any atom is 0.195 e. The second-order valence-electron chi connectivity index (χ2n) is 4.16. The van der Waals surface area contributed by atoms with Gasteiger partial charge in [-0.2, -0.15) is 0 Å². The first-order chi connectivity index (χ1) is 9.17. The molecule has 0 fully saturated rings. The molecule has 4 nitrogen and oxygen atoms in total. The van der Waals surface area contributed by atoms with E-state index in [2.05, 4.69) is 0 Å².